The second-order valence-corrected chi connectivity index (χ2v) is 7.02. The molecule has 0 fully saturated rings. The van der Waals surface area contributed by atoms with Crippen LogP contribution in [0.2, 0.25) is 0 Å². The van der Waals surface area contributed by atoms with Gasteiger partial charge in [-0.15, -0.1) is 0 Å². The van der Waals surface area contributed by atoms with Crippen LogP contribution < -0.4 is 0 Å². The molecule has 3 rings (SSSR count). The maximum absolute atomic E-state index is 12.9. The minimum Gasteiger partial charge on any atom is -0.492 e. The van der Waals surface area contributed by atoms with Crippen LogP contribution >= 0.6 is 12.6 Å². The third-order valence-electron chi connectivity index (χ3n) is 4.59. The van der Waals surface area contributed by atoms with Crippen LogP contribution in [-0.4, -0.2) is 30.4 Å². The molecule has 0 saturated carbocycles. The van der Waals surface area contributed by atoms with Crippen molar-refractivity contribution in [2.45, 2.75) is 30.6 Å². The number of ketones is 1. The molecule has 0 aromatic rings. The van der Waals surface area contributed by atoms with E-state index in [4.69, 9.17) is 9.47 Å². The molecule has 122 valence electrons. The average Bonchev–Trinajstić information content (AvgIpc) is 2.86. The normalized spacial score (nSPS) is 33.7. The molecule has 0 bridgehead atoms. The van der Waals surface area contributed by atoms with Gasteiger partial charge in [-0.1, -0.05) is 18.2 Å². The van der Waals surface area contributed by atoms with Gasteiger partial charge in [0.1, 0.15) is 18.0 Å². The SMILES string of the molecule is COC1(C)C=CC2=C(C=C1)C(=O)C(C1=CCC(S)CC=C1)CO2. The summed E-state index contributed by atoms with van der Waals surface area (Å²) < 4.78 is 11.3. The molecule has 1 aliphatic heterocycles. The fourth-order valence-electron chi connectivity index (χ4n) is 2.92. The summed E-state index contributed by atoms with van der Waals surface area (Å²) in [5.41, 5.74) is 1.14. The fourth-order valence-corrected chi connectivity index (χ4v) is 3.15. The van der Waals surface area contributed by atoms with E-state index in [0.717, 1.165) is 18.4 Å². The minimum atomic E-state index is -0.517. The van der Waals surface area contributed by atoms with E-state index in [2.05, 4.69) is 24.8 Å². The van der Waals surface area contributed by atoms with Gasteiger partial charge in [-0.05, 0) is 49.6 Å². The third kappa shape index (κ3) is 3.38. The molecular formula is C19H22O3S. The zero-order valence-electron chi connectivity index (χ0n) is 13.5. The fraction of sp³-hybridized carbons (Fsp3) is 0.421. The van der Waals surface area contributed by atoms with E-state index in [-0.39, 0.29) is 11.7 Å². The van der Waals surface area contributed by atoms with E-state index < -0.39 is 5.60 Å². The highest BCUT2D eigenvalue weighted by Crippen LogP contribution is 2.32. The Kier molecular flexibility index (Phi) is 4.64. The maximum Gasteiger partial charge on any atom is 0.177 e. The van der Waals surface area contributed by atoms with Crippen LogP contribution in [0, 0.1) is 5.92 Å². The van der Waals surface area contributed by atoms with Crippen LogP contribution in [0.15, 0.2) is 59.4 Å². The van der Waals surface area contributed by atoms with Gasteiger partial charge in [0.05, 0.1) is 11.5 Å². The predicted molar refractivity (Wildman–Crippen MR) is 94.4 cm³/mol. The van der Waals surface area contributed by atoms with Gasteiger partial charge in [0.15, 0.2) is 5.78 Å². The number of Topliss-reactive ketones (excluding diaryl/α,β-unsaturated/α-hetero) is 1. The summed E-state index contributed by atoms with van der Waals surface area (Å²) in [6.07, 6.45) is 15.5. The highest BCUT2D eigenvalue weighted by molar-refractivity contribution is 7.80. The number of hydrogen-bond acceptors (Lipinski definition) is 4. The van der Waals surface area contributed by atoms with Crippen LogP contribution in [0.3, 0.4) is 0 Å². The predicted octanol–water partition coefficient (Wildman–Crippen LogP) is 3.56. The summed E-state index contributed by atoms with van der Waals surface area (Å²) in [7, 11) is 1.65. The molecule has 3 atom stereocenters. The van der Waals surface area contributed by atoms with Gasteiger partial charge in [-0.3, -0.25) is 4.79 Å². The standard InChI is InChI=1S/C19H22O3S/c1-19(21-2)10-8-15-17(9-11-19)22-12-16(18(15)20)13-4-3-5-14(23)7-6-13/h3-4,6,8-11,14,16,23H,5,7,12H2,1-2H3. The molecule has 0 aromatic heterocycles. The Hall–Kier alpha value is -1.52. The van der Waals surface area contributed by atoms with Crippen molar-refractivity contribution >= 4 is 18.4 Å². The van der Waals surface area contributed by atoms with Gasteiger partial charge in [0.25, 0.3) is 0 Å². The zero-order chi connectivity index (χ0) is 16.4. The molecule has 1 heterocycles. The van der Waals surface area contributed by atoms with E-state index in [0.29, 0.717) is 23.2 Å². The number of carbonyl (C=O) groups is 1. The number of rotatable bonds is 2. The number of thiol groups is 1. The van der Waals surface area contributed by atoms with E-state index in [1.807, 2.05) is 37.3 Å². The molecule has 0 radical (unpaired) electrons. The van der Waals surface area contributed by atoms with E-state index >= 15 is 0 Å². The van der Waals surface area contributed by atoms with Crippen molar-refractivity contribution < 1.29 is 14.3 Å². The van der Waals surface area contributed by atoms with Crippen LogP contribution in [0.5, 0.6) is 0 Å². The molecule has 23 heavy (non-hydrogen) atoms. The van der Waals surface area contributed by atoms with Crippen LogP contribution in [-0.2, 0) is 14.3 Å². The molecular weight excluding hydrogens is 308 g/mol. The van der Waals surface area contributed by atoms with Crippen molar-refractivity contribution in [1.82, 2.24) is 0 Å². The third-order valence-corrected chi connectivity index (χ3v) is 5.01. The van der Waals surface area contributed by atoms with Gasteiger partial charge in [0, 0.05) is 12.4 Å². The summed E-state index contributed by atoms with van der Waals surface area (Å²) in [6, 6.07) is 0. The van der Waals surface area contributed by atoms with Crippen LogP contribution in [0.25, 0.3) is 0 Å². The Morgan fingerprint density at radius 2 is 2.04 bits per heavy atom. The molecule has 0 amide bonds. The Balaban J connectivity index is 1.88. The minimum absolute atomic E-state index is 0.112. The van der Waals surface area contributed by atoms with Gasteiger partial charge < -0.3 is 9.47 Å². The molecule has 0 aromatic carbocycles. The topological polar surface area (TPSA) is 35.5 Å². The molecule has 2 aliphatic carbocycles. The zero-order valence-corrected chi connectivity index (χ0v) is 14.4. The largest absolute Gasteiger partial charge is 0.492 e. The molecule has 3 nitrogen and oxygen atoms in total. The van der Waals surface area contributed by atoms with Crippen molar-refractivity contribution in [2.24, 2.45) is 5.92 Å². The number of methoxy groups -OCH3 is 1. The molecule has 0 spiro atoms. The Morgan fingerprint density at radius 3 is 2.83 bits per heavy atom. The lowest BCUT2D eigenvalue weighted by Gasteiger charge is -2.25. The summed E-state index contributed by atoms with van der Waals surface area (Å²) in [5, 5.41) is 0.321. The number of ether oxygens (including phenoxy) is 2. The second kappa shape index (κ2) is 6.54. The highest BCUT2D eigenvalue weighted by atomic mass is 32.1. The van der Waals surface area contributed by atoms with Crippen molar-refractivity contribution in [1.29, 1.82) is 0 Å². The maximum atomic E-state index is 12.9. The van der Waals surface area contributed by atoms with Crippen LogP contribution in [0.4, 0.5) is 0 Å². The van der Waals surface area contributed by atoms with E-state index in [9.17, 15) is 4.79 Å². The lowest BCUT2D eigenvalue weighted by Crippen LogP contribution is -2.28. The lowest BCUT2D eigenvalue weighted by molar-refractivity contribution is -0.120. The monoisotopic (exact) mass is 330 g/mol. The number of hydrogen-bond donors (Lipinski definition) is 1. The Labute approximate surface area is 142 Å². The first-order valence-corrected chi connectivity index (χ1v) is 8.43. The van der Waals surface area contributed by atoms with Crippen molar-refractivity contribution in [3.63, 3.8) is 0 Å². The van der Waals surface area contributed by atoms with Crippen molar-refractivity contribution in [3.8, 4) is 0 Å². The summed E-state index contributed by atoms with van der Waals surface area (Å²) in [6.45, 7) is 2.33. The first-order valence-electron chi connectivity index (χ1n) is 7.92. The van der Waals surface area contributed by atoms with Gasteiger partial charge in [0.2, 0.25) is 0 Å². The summed E-state index contributed by atoms with van der Waals surface area (Å²) >= 11 is 4.52. The van der Waals surface area contributed by atoms with E-state index in [1.54, 1.807) is 7.11 Å². The van der Waals surface area contributed by atoms with E-state index in [1.165, 1.54) is 0 Å². The quantitative estimate of drug-likeness (QED) is 0.786. The van der Waals surface area contributed by atoms with Gasteiger partial charge >= 0.3 is 0 Å². The van der Waals surface area contributed by atoms with Gasteiger partial charge in [-0.25, -0.2) is 0 Å². The summed E-state index contributed by atoms with van der Waals surface area (Å²) in [4.78, 5) is 12.9. The number of carbonyl (C=O) groups excluding carboxylic acids is 1. The first kappa shape index (κ1) is 16.3. The molecule has 4 heteroatoms. The molecule has 0 saturated heterocycles. The van der Waals surface area contributed by atoms with Gasteiger partial charge in [-0.2, -0.15) is 12.6 Å². The highest BCUT2D eigenvalue weighted by Gasteiger charge is 2.33. The smallest absolute Gasteiger partial charge is 0.177 e. The van der Waals surface area contributed by atoms with Crippen LogP contribution in [0.1, 0.15) is 19.8 Å². The second-order valence-electron chi connectivity index (χ2n) is 6.29. The average molecular weight is 330 g/mol. The molecule has 0 N–H and O–H groups in total. The number of allylic oxidation sites excluding steroid dienone is 6. The van der Waals surface area contributed by atoms with Crippen molar-refractivity contribution in [2.75, 3.05) is 13.7 Å². The summed E-state index contributed by atoms with van der Waals surface area (Å²) in [5.74, 6) is 0.503. The first-order chi connectivity index (χ1) is 11.0. The molecule has 3 unspecified atom stereocenters. The Morgan fingerprint density at radius 1 is 1.26 bits per heavy atom. The Bertz CT molecular complexity index is 654. The van der Waals surface area contributed by atoms with Crippen molar-refractivity contribution in [3.05, 3.63) is 59.4 Å². The molecule has 3 aliphatic rings. The lowest BCUT2D eigenvalue weighted by atomic mass is 9.87.